The molecule has 4 aromatic rings. The van der Waals surface area contributed by atoms with E-state index in [9.17, 15) is 13.6 Å². The van der Waals surface area contributed by atoms with Gasteiger partial charge in [0.25, 0.3) is 0 Å². The van der Waals surface area contributed by atoms with Gasteiger partial charge in [-0.1, -0.05) is 6.07 Å². The van der Waals surface area contributed by atoms with Crippen molar-refractivity contribution in [3.8, 4) is 11.3 Å². The highest BCUT2D eigenvalue weighted by atomic mass is 32.1. The third-order valence-electron chi connectivity index (χ3n) is 4.02. The molecule has 1 aromatic carbocycles. The molecule has 0 radical (unpaired) electrons. The standard InChI is InChI=1S/C19H14F2N4OS/c1-11-3-2-6-25-9-13(22-18(11)25)8-17(26)24-19-23-16(10-27-19)14-7-12(20)4-5-15(14)21/h2-7,9-10H,8H2,1H3,(H,23,24,26). The minimum Gasteiger partial charge on any atom is -0.307 e. The smallest absolute Gasteiger partial charge is 0.232 e. The molecule has 5 nitrogen and oxygen atoms in total. The molecule has 0 fully saturated rings. The van der Waals surface area contributed by atoms with Crippen molar-refractivity contribution in [1.29, 1.82) is 0 Å². The predicted molar refractivity (Wildman–Crippen MR) is 99.7 cm³/mol. The molecule has 3 aromatic heterocycles. The van der Waals surface area contributed by atoms with Crippen molar-refractivity contribution in [2.45, 2.75) is 13.3 Å². The quantitative estimate of drug-likeness (QED) is 0.573. The maximum absolute atomic E-state index is 13.8. The van der Waals surface area contributed by atoms with Gasteiger partial charge in [-0.2, -0.15) is 0 Å². The van der Waals surface area contributed by atoms with Crippen molar-refractivity contribution in [2.75, 3.05) is 5.32 Å². The van der Waals surface area contributed by atoms with Gasteiger partial charge in [0.15, 0.2) is 5.13 Å². The average molecular weight is 384 g/mol. The summed E-state index contributed by atoms with van der Waals surface area (Å²) in [5, 5.41) is 4.57. The highest BCUT2D eigenvalue weighted by molar-refractivity contribution is 7.14. The zero-order valence-corrected chi connectivity index (χ0v) is 15.1. The van der Waals surface area contributed by atoms with E-state index in [4.69, 9.17) is 0 Å². The monoisotopic (exact) mass is 384 g/mol. The summed E-state index contributed by atoms with van der Waals surface area (Å²) in [6.07, 6.45) is 3.76. The molecule has 8 heteroatoms. The molecule has 3 heterocycles. The number of carbonyl (C=O) groups is 1. The second-order valence-electron chi connectivity index (χ2n) is 6.04. The number of amides is 1. The summed E-state index contributed by atoms with van der Waals surface area (Å²) in [5.41, 5.74) is 2.79. The Balaban J connectivity index is 1.49. The maximum atomic E-state index is 13.8. The van der Waals surface area contributed by atoms with Crippen molar-refractivity contribution in [3.63, 3.8) is 0 Å². The number of anilines is 1. The number of imidazole rings is 1. The number of rotatable bonds is 4. The number of carbonyl (C=O) groups excluding carboxylic acids is 1. The summed E-state index contributed by atoms with van der Waals surface area (Å²) in [4.78, 5) is 20.9. The maximum Gasteiger partial charge on any atom is 0.232 e. The molecule has 136 valence electrons. The molecule has 0 saturated heterocycles. The Morgan fingerprint density at radius 3 is 2.93 bits per heavy atom. The molecule has 0 aliphatic heterocycles. The van der Waals surface area contributed by atoms with E-state index in [1.165, 1.54) is 0 Å². The van der Waals surface area contributed by atoms with Crippen LogP contribution >= 0.6 is 11.3 Å². The van der Waals surface area contributed by atoms with Gasteiger partial charge in [-0.25, -0.2) is 18.7 Å². The van der Waals surface area contributed by atoms with Crippen LogP contribution in [0.3, 0.4) is 0 Å². The predicted octanol–water partition coefficient (Wildman–Crippen LogP) is 4.23. The molecular weight excluding hydrogens is 370 g/mol. The Labute approximate surface area is 157 Å². The zero-order valence-electron chi connectivity index (χ0n) is 14.2. The number of halogens is 2. The second kappa shape index (κ2) is 6.88. The number of nitrogens with one attached hydrogen (secondary N) is 1. The molecule has 0 bridgehead atoms. The summed E-state index contributed by atoms with van der Waals surface area (Å²) in [6, 6.07) is 7.04. The third-order valence-corrected chi connectivity index (χ3v) is 4.78. The summed E-state index contributed by atoms with van der Waals surface area (Å²) in [6.45, 7) is 1.95. The highest BCUT2D eigenvalue weighted by Crippen LogP contribution is 2.27. The fraction of sp³-hybridized carbons (Fsp3) is 0.105. The number of hydrogen-bond acceptors (Lipinski definition) is 4. The minimum absolute atomic E-state index is 0.0579. The number of aryl methyl sites for hydroxylation is 1. The van der Waals surface area contributed by atoms with E-state index in [1.54, 1.807) is 11.6 Å². The van der Waals surface area contributed by atoms with Gasteiger partial charge in [0.1, 0.15) is 17.3 Å². The summed E-state index contributed by atoms with van der Waals surface area (Å²) in [7, 11) is 0. The summed E-state index contributed by atoms with van der Waals surface area (Å²) in [5.74, 6) is -1.40. The van der Waals surface area contributed by atoms with Gasteiger partial charge in [0.2, 0.25) is 5.91 Å². The Hall–Kier alpha value is -3.13. The molecule has 4 rings (SSSR count). The lowest BCUT2D eigenvalue weighted by Gasteiger charge is -2.00. The van der Waals surface area contributed by atoms with Crippen LogP contribution < -0.4 is 5.32 Å². The van der Waals surface area contributed by atoms with Crippen LogP contribution in [0.15, 0.2) is 48.1 Å². The van der Waals surface area contributed by atoms with Gasteiger partial charge in [0.05, 0.1) is 17.8 Å². The van der Waals surface area contributed by atoms with Crippen molar-refractivity contribution in [2.24, 2.45) is 0 Å². The van der Waals surface area contributed by atoms with Crippen molar-refractivity contribution < 1.29 is 13.6 Å². The summed E-state index contributed by atoms with van der Waals surface area (Å²) < 4.78 is 29.1. The molecule has 1 N–H and O–H groups in total. The minimum atomic E-state index is -0.570. The van der Waals surface area contributed by atoms with Gasteiger partial charge < -0.3 is 9.72 Å². The molecule has 1 amide bonds. The lowest BCUT2D eigenvalue weighted by atomic mass is 10.1. The van der Waals surface area contributed by atoms with Crippen molar-refractivity contribution >= 4 is 28.0 Å². The Bertz CT molecular complexity index is 1150. The first-order valence-corrected chi connectivity index (χ1v) is 9.01. The molecule has 27 heavy (non-hydrogen) atoms. The van der Waals surface area contributed by atoms with E-state index in [2.05, 4.69) is 15.3 Å². The van der Waals surface area contributed by atoms with Gasteiger partial charge >= 0.3 is 0 Å². The Morgan fingerprint density at radius 2 is 2.11 bits per heavy atom. The Kier molecular flexibility index (Phi) is 4.41. The Morgan fingerprint density at radius 1 is 1.26 bits per heavy atom. The van der Waals surface area contributed by atoms with Crippen LogP contribution in [0.5, 0.6) is 0 Å². The van der Waals surface area contributed by atoms with Crippen molar-refractivity contribution in [3.05, 3.63) is 71.0 Å². The summed E-state index contributed by atoms with van der Waals surface area (Å²) >= 11 is 1.15. The van der Waals surface area contributed by atoms with Gasteiger partial charge in [-0.05, 0) is 36.8 Å². The van der Waals surface area contributed by atoms with Crippen molar-refractivity contribution in [1.82, 2.24) is 14.4 Å². The highest BCUT2D eigenvalue weighted by Gasteiger charge is 2.14. The largest absolute Gasteiger partial charge is 0.307 e. The zero-order chi connectivity index (χ0) is 19.0. The number of fused-ring (bicyclic) bond motifs is 1. The van der Waals surface area contributed by atoms with Gasteiger partial charge in [-0.3, -0.25) is 4.79 Å². The number of hydrogen-bond donors (Lipinski definition) is 1. The lowest BCUT2D eigenvalue weighted by Crippen LogP contribution is -2.14. The SMILES string of the molecule is Cc1cccn2cc(CC(=O)Nc3nc(-c4cc(F)ccc4F)cs3)nc12. The van der Waals surface area contributed by atoms with Crippen LogP contribution in [0.4, 0.5) is 13.9 Å². The molecule has 0 aliphatic rings. The number of nitrogens with zero attached hydrogens (tertiary/aromatic N) is 3. The van der Waals surface area contributed by atoms with Crippen LogP contribution in [-0.4, -0.2) is 20.3 Å². The van der Waals surface area contributed by atoms with Crippen LogP contribution in [0, 0.1) is 18.6 Å². The first-order valence-electron chi connectivity index (χ1n) is 8.13. The molecule has 0 atom stereocenters. The number of pyridine rings is 1. The number of thiazole rings is 1. The topological polar surface area (TPSA) is 59.3 Å². The van der Waals surface area contributed by atoms with E-state index < -0.39 is 11.6 Å². The van der Waals surface area contributed by atoms with Crippen LogP contribution in [0.25, 0.3) is 16.9 Å². The van der Waals surface area contributed by atoms with Gasteiger partial charge in [0, 0.05) is 23.3 Å². The van der Waals surface area contributed by atoms with Crippen LogP contribution in [0.2, 0.25) is 0 Å². The van der Waals surface area contributed by atoms with E-state index in [0.29, 0.717) is 10.8 Å². The van der Waals surface area contributed by atoms with Crippen LogP contribution in [-0.2, 0) is 11.2 Å². The normalized spacial score (nSPS) is 11.1. The second-order valence-corrected chi connectivity index (χ2v) is 6.90. The van der Waals surface area contributed by atoms with Gasteiger partial charge in [-0.15, -0.1) is 11.3 Å². The molecule has 0 aliphatic carbocycles. The van der Waals surface area contributed by atoms with E-state index in [-0.39, 0.29) is 23.6 Å². The first kappa shape index (κ1) is 17.3. The number of benzene rings is 1. The molecule has 0 saturated carbocycles. The molecule has 0 spiro atoms. The first-order chi connectivity index (χ1) is 13.0. The fourth-order valence-electron chi connectivity index (χ4n) is 2.77. The van der Waals surface area contributed by atoms with E-state index in [1.807, 2.05) is 29.7 Å². The molecular formula is C19H14F2N4OS. The third kappa shape index (κ3) is 3.56. The fourth-order valence-corrected chi connectivity index (χ4v) is 3.49. The van der Waals surface area contributed by atoms with E-state index in [0.717, 1.165) is 40.7 Å². The van der Waals surface area contributed by atoms with Crippen LogP contribution in [0.1, 0.15) is 11.3 Å². The average Bonchev–Trinajstić information content (AvgIpc) is 3.24. The number of aromatic nitrogens is 3. The molecule has 0 unspecified atom stereocenters. The van der Waals surface area contributed by atoms with E-state index >= 15 is 0 Å². The lowest BCUT2D eigenvalue weighted by molar-refractivity contribution is -0.115.